The fraction of sp³-hybridized carbons (Fsp3) is 0.157. The Hall–Kier alpha value is -5.49. The number of nitrogens with zero attached hydrogens (tertiary/aromatic N) is 5. The predicted molar refractivity (Wildman–Crippen MR) is 268 cm³/mol. The number of carbonyl (C=O) groups excluding carboxylic acids is 2. The molecule has 66 heavy (non-hydrogen) atoms. The minimum atomic E-state index is -2.01. The number of Topliss-reactive ketones (excluding diaryl/α,β-unsaturated/α-hetero) is 1. The zero-order chi connectivity index (χ0) is 46.2. The molecular weight excluding hydrogens is 959 g/mol. The predicted octanol–water partition coefficient (Wildman–Crippen LogP) is 13.2. The van der Waals surface area contributed by atoms with Crippen molar-refractivity contribution < 1.29 is 19.4 Å². The standard InChI is InChI=1S/C51H37Cl6N5O4/c52-50(53,54)48-58-46(59-49(60-48)51(55,56)57)35-19-21-36(22-20-35)47(65)66-28-26-62-42-14-4-2-12-38(42)40-30-32(16-24-44(40)62)8-6-10-34-18-17-33(45(34)64)9-5-7-31-15-23-43-39(29-31)37-11-1-3-13-41(37)61(43)25-27-63/h1-16,19-24,29-30,63H,17-18,25-28H2. The van der Waals surface area contributed by atoms with Crippen molar-refractivity contribution in [2.75, 3.05) is 13.2 Å². The summed E-state index contributed by atoms with van der Waals surface area (Å²) in [4.78, 5) is 39.0. The Bertz CT molecular complexity index is 3290. The highest BCUT2D eigenvalue weighted by molar-refractivity contribution is 6.67. The van der Waals surface area contributed by atoms with Gasteiger partial charge in [-0.2, -0.15) is 0 Å². The van der Waals surface area contributed by atoms with E-state index in [1.807, 2.05) is 72.9 Å². The molecule has 15 heteroatoms. The van der Waals surface area contributed by atoms with E-state index in [4.69, 9.17) is 74.3 Å². The van der Waals surface area contributed by atoms with E-state index in [9.17, 15) is 14.7 Å². The van der Waals surface area contributed by atoms with E-state index in [-0.39, 0.29) is 36.5 Å². The van der Waals surface area contributed by atoms with Gasteiger partial charge < -0.3 is 19.0 Å². The number of allylic oxidation sites excluding steroid dienone is 6. The van der Waals surface area contributed by atoms with E-state index in [2.05, 4.69) is 72.6 Å². The van der Waals surface area contributed by atoms with Crippen molar-refractivity contribution in [3.8, 4) is 11.4 Å². The molecule has 0 bridgehead atoms. The number of ether oxygens (including phenoxy) is 1. The molecule has 1 aliphatic carbocycles. The molecule has 0 amide bonds. The van der Waals surface area contributed by atoms with Gasteiger partial charge in [-0.1, -0.05) is 167 Å². The van der Waals surface area contributed by atoms with Crippen molar-refractivity contribution in [2.24, 2.45) is 0 Å². The lowest BCUT2D eigenvalue weighted by atomic mass is 10.1. The maximum Gasteiger partial charge on any atom is 0.338 e. The van der Waals surface area contributed by atoms with Gasteiger partial charge >= 0.3 is 5.97 Å². The molecule has 8 aromatic rings. The lowest BCUT2D eigenvalue weighted by Gasteiger charge is -2.15. The number of para-hydroxylation sites is 2. The first-order chi connectivity index (χ1) is 31.8. The van der Waals surface area contributed by atoms with Gasteiger partial charge in [0.2, 0.25) is 7.59 Å². The molecule has 0 spiro atoms. The van der Waals surface area contributed by atoms with Crippen molar-refractivity contribution in [1.29, 1.82) is 0 Å². The lowest BCUT2D eigenvalue weighted by molar-refractivity contribution is -0.111. The number of carbonyl (C=O) groups is 2. The largest absolute Gasteiger partial charge is 0.460 e. The van der Waals surface area contributed by atoms with Gasteiger partial charge in [-0.15, -0.1) is 0 Å². The van der Waals surface area contributed by atoms with E-state index in [1.165, 1.54) is 0 Å². The Kier molecular flexibility index (Phi) is 13.2. The fourth-order valence-electron chi connectivity index (χ4n) is 8.33. The number of ketones is 1. The van der Waals surface area contributed by atoms with Gasteiger partial charge in [0.25, 0.3) is 0 Å². The third kappa shape index (κ3) is 9.53. The first-order valence-electron chi connectivity index (χ1n) is 20.9. The van der Waals surface area contributed by atoms with E-state index in [0.717, 1.165) is 65.9 Å². The second-order valence-electron chi connectivity index (χ2n) is 15.6. The van der Waals surface area contributed by atoms with Crippen LogP contribution >= 0.6 is 69.6 Å². The molecule has 9 nitrogen and oxygen atoms in total. The number of fused-ring (bicyclic) bond motifs is 6. The first kappa shape index (κ1) is 45.7. The highest BCUT2D eigenvalue weighted by atomic mass is 35.6. The minimum Gasteiger partial charge on any atom is -0.460 e. The monoisotopic (exact) mass is 993 g/mol. The zero-order valence-electron chi connectivity index (χ0n) is 34.8. The van der Waals surface area contributed by atoms with Crippen LogP contribution in [-0.2, 0) is 30.2 Å². The van der Waals surface area contributed by atoms with Crippen molar-refractivity contribution in [3.05, 3.63) is 173 Å². The van der Waals surface area contributed by atoms with Crippen molar-refractivity contribution in [3.63, 3.8) is 0 Å². The number of halogens is 6. The van der Waals surface area contributed by atoms with Gasteiger partial charge in [-0.05, 0) is 72.5 Å². The Balaban J connectivity index is 0.849. The molecule has 1 aliphatic rings. The molecule has 3 heterocycles. The minimum absolute atomic E-state index is 0.0659. The van der Waals surface area contributed by atoms with E-state index >= 15 is 0 Å². The highest BCUT2D eigenvalue weighted by Crippen LogP contribution is 2.41. The summed E-state index contributed by atoms with van der Waals surface area (Å²) in [7, 11) is 0. The maximum absolute atomic E-state index is 13.4. The summed E-state index contributed by atoms with van der Waals surface area (Å²) in [6, 6.07) is 35.2. The van der Waals surface area contributed by atoms with E-state index in [0.29, 0.717) is 37.1 Å². The number of rotatable bonds is 11. The smallest absolute Gasteiger partial charge is 0.338 e. The summed E-state index contributed by atoms with van der Waals surface area (Å²) in [5, 5.41) is 14.1. The number of alkyl halides is 6. The molecule has 1 saturated carbocycles. The summed E-state index contributed by atoms with van der Waals surface area (Å²) in [6.45, 7) is 1.13. The number of aromatic nitrogens is 5. The first-order valence-corrected chi connectivity index (χ1v) is 23.1. The van der Waals surface area contributed by atoms with Gasteiger partial charge in [0.1, 0.15) is 6.61 Å². The number of hydrogen-bond acceptors (Lipinski definition) is 7. The highest BCUT2D eigenvalue weighted by Gasteiger charge is 2.34. The summed E-state index contributed by atoms with van der Waals surface area (Å²) in [5.74, 6) is -0.823. The maximum atomic E-state index is 13.4. The molecule has 1 N–H and O–H groups in total. The van der Waals surface area contributed by atoms with Gasteiger partial charge in [0.15, 0.2) is 23.3 Å². The van der Waals surface area contributed by atoms with Crippen molar-refractivity contribution in [2.45, 2.75) is 33.5 Å². The SMILES string of the molecule is O=C1C(=CC=Cc2ccc3c(c2)c2ccccc2n3CCO)CCC1=CC=Cc1ccc2c(c1)c1ccccc1n2CCOC(=O)c1ccc(-c2nc(C(Cl)(Cl)Cl)nc(C(Cl)(Cl)Cl)n2)cc1. The van der Waals surface area contributed by atoms with E-state index < -0.39 is 13.6 Å². The van der Waals surface area contributed by atoms with Crippen molar-refractivity contribution in [1.82, 2.24) is 24.1 Å². The van der Waals surface area contributed by atoms with Crippen LogP contribution in [0.25, 0.3) is 67.2 Å². The number of esters is 1. The van der Waals surface area contributed by atoms with Crippen LogP contribution in [0.5, 0.6) is 0 Å². The van der Waals surface area contributed by atoms with Crippen LogP contribution in [0.15, 0.2) is 145 Å². The lowest BCUT2D eigenvalue weighted by Crippen LogP contribution is -2.16. The van der Waals surface area contributed by atoms with Gasteiger partial charge in [0, 0.05) is 66.9 Å². The molecule has 0 radical (unpaired) electrons. The molecular formula is C51H37Cl6N5O4. The average Bonchev–Trinajstić information content (AvgIpc) is 3.93. The molecule has 1 fully saturated rings. The third-order valence-electron chi connectivity index (χ3n) is 11.4. The van der Waals surface area contributed by atoms with Crippen LogP contribution < -0.4 is 0 Å². The average molecular weight is 997 g/mol. The number of aliphatic hydroxyl groups is 1. The molecule has 0 aliphatic heterocycles. The Morgan fingerprint density at radius 3 is 1.61 bits per heavy atom. The second-order valence-corrected chi connectivity index (χ2v) is 20.1. The van der Waals surface area contributed by atoms with Crippen LogP contribution in [0, 0.1) is 0 Å². The van der Waals surface area contributed by atoms with Crippen LogP contribution in [0.4, 0.5) is 0 Å². The summed E-state index contributed by atoms with van der Waals surface area (Å²) < 4.78 is 6.00. The van der Waals surface area contributed by atoms with Crippen LogP contribution in [-0.4, -0.2) is 54.2 Å². The van der Waals surface area contributed by atoms with Gasteiger partial charge in [-0.25, -0.2) is 19.7 Å². The number of benzene rings is 5. The summed E-state index contributed by atoms with van der Waals surface area (Å²) in [6.07, 6.45) is 13.1. The molecule has 0 unspecified atom stereocenters. The molecule has 0 atom stereocenters. The van der Waals surface area contributed by atoms with Crippen LogP contribution in [0.3, 0.4) is 0 Å². The van der Waals surface area contributed by atoms with Crippen LogP contribution in [0.1, 0.15) is 46.0 Å². The molecule has 9 rings (SSSR count). The molecule has 5 aromatic carbocycles. The zero-order valence-corrected chi connectivity index (χ0v) is 39.3. The second kappa shape index (κ2) is 19.0. The van der Waals surface area contributed by atoms with Crippen LogP contribution in [0.2, 0.25) is 0 Å². The molecule has 3 aromatic heterocycles. The molecule has 0 saturated heterocycles. The summed E-state index contributed by atoms with van der Waals surface area (Å²) in [5.41, 5.74) is 8.54. The Morgan fingerprint density at radius 1 is 0.621 bits per heavy atom. The summed E-state index contributed by atoms with van der Waals surface area (Å²) >= 11 is 36.1. The Morgan fingerprint density at radius 2 is 1.11 bits per heavy atom. The molecule has 332 valence electrons. The quantitative estimate of drug-likeness (QED) is 0.0780. The Labute approximate surface area is 409 Å². The topological polar surface area (TPSA) is 112 Å². The van der Waals surface area contributed by atoms with Gasteiger partial charge in [0.05, 0.1) is 18.7 Å². The number of aliphatic hydroxyl groups excluding tert-OH is 1. The van der Waals surface area contributed by atoms with Crippen molar-refractivity contribution >= 4 is 137 Å². The van der Waals surface area contributed by atoms with Gasteiger partial charge in [-0.3, -0.25) is 4.79 Å². The fourth-order valence-corrected chi connectivity index (χ4v) is 8.84. The number of hydrogen-bond donors (Lipinski definition) is 1. The normalized spacial score (nSPS) is 15.0. The van der Waals surface area contributed by atoms with E-state index in [1.54, 1.807) is 24.3 Å². The third-order valence-corrected chi connectivity index (χ3v) is 12.4.